The molecule has 0 atom stereocenters. The van der Waals surface area contributed by atoms with Crippen molar-refractivity contribution in [3.8, 4) is 22.6 Å². The van der Waals surface area contributed by atoms with Crippen LogP contribution in [0.2, 0.25) is 0 Å². The molecule has 5 N–H and O–H groups in total. The molecule has 3 aromatic carbocycles. The lowest BCUT2D eigenvalue weighted by atomic mass is 10.0. The molecule has 3 rings (SSSR count). The SMILES string of the molecule is COc1ccc(OC(=O)Nc2ccc(-c3ccc(N)cc3)c(N)c2)cc1. The van der Waals surface area contributed by atoms with E-state index in [-0.39, 0.29) is 0 Å². The number of hydrogen-bond donors (Lipinski definition) is 3. The topological polar surface area (TPSA) is 99.6 Å². The lowest BCUT2D eigenvalue weighted by molar-refractivity contribution is 0.215. The summed E-state index contributed by atoms with van der Waals surface area (Å²) in [6, 6.07) is 19.4. The summed E-state index contributed by atoms with van der Waals surface area (Å²) in [6.07, 6.45) is -0.602. The Morgan fingerprint density at radius 1 is 0.885 bits per heavy atom. The predicted octanol–water partition coefficient (Wildman–Crippen LogP) is 4.14. The third kappa shape index (κ3) is 4.05. The van der Waals surface area contributed by atoms with Crippen LogP contribution in [0.25, 0.3) is 11.1 Å². The lowest BCUT2D eigenvalue weighted by Gasteiger charge is -2.11. The van der Waals surface area contributed by atoms with Gasteiger partial charge in [-0.05, 0) is 54.1 Å². The minimum atomic E-state index is -0.602. The highest BCUT2D eigenvalue weighted by Gasteiger charge is 2.08. The molecule has 0 aliphatic rings. The van der Waals surface area contributed by atoms with Crippen LogP contribution in [-0.4, -0.2) is 13.2 Å². The van der Waals surface area contributed by atoms with Gasteiger partial charge in [-0.25, -0.2) is 4.79 Å². The van der Waals surface area contributed by atoms with Crippen molar-refractivity contribution in [2.75, 3.05) is 23.9 Å². The second kappa shape index (κ2) is 7.48. The molecule has 0 unspecified atom stereocenters. The Morgan fingerprint density at radius 2 is 1.54 bits per heavy atom. The molecule has 0 aliphatic heterocycles. The summed E-state index contributed by atoms with van der Waals surface area (Å²) < 4.78 is 10.3. The molecule has 26 heavy (non-hydrogen) atoms. The van der Waals surface area contributed by atoms with Crippen LogP contribution in [0, 0.1) is 0 Å². The first-order valence-corrected chi connectivity index (χ1v) is 7.93. The van der Waals surface area contributed by atoms with Crippen LogP contribution >= 0.6 is 0 Å². The number of carbonyl (C=O) groups is 1. The Bertz CT molecular complexity index is 907. The zero-order valence-electron chi connectivity index (χ0n) is 14.2. The number of anilines is 3. The van der Waals surface area contributed by atoms with Gasteiger partial charge in [0, 0.05) is 22.6 Å². The number of carbonyl (C=O) groups excluding carboxylic acids is 1. The molecule has 132 valence electrons. The minimum Gasteiger partial charge on any atom is -0.497 e. The fourth-order valence-electron chi connectivity index (χ4n) is 2.46. The first kappa shape index (κ1) is 17.2. The number of ether oxygens (including phenoxy) is 2. The zero-order chi connectivity index (χ0) is 18.5. The van der Waals surface area contributed by atoms with Crippen LogP contribution in [0.1, 0.15) is 0 Å². The van der Waals surface area contributed by atoms with Gasteiger partial charge in [0.1, 0.15) is 11.5 Å². The maximum atomic E-state index is 12.0. The van der Waals surface area contributed by atoms with Crippen LogP contribution < -0.4 is 26.3 Å². The molecule has 0 bridgehead atoms. The Labute approximate surface area is 151 Å². The summed E-state index contributed by atoms with van der Waals surface area (Å²) in [4.78, 5) is 12.0. The second-order valence-electron chi connectivity index (χ2n) is 5.61. The van der Waals surface area contributed by atoms with Crippen LogP contribution in [0.5, 0.6) is 11.5 Å². The number of hydrogen-bond acceptors (Lipinski definition) is 5. The van der Waals surface area contributed by atoms with E-state index in [2.05, 4.69) is 5.32 Å². The summed E-state index contributed by atoms with van der Waals surface area (Å²) in [5.74, 6) is 1.10. The van der Waals surface area contributed by atoms with E-state index in [1.54, 1.807) is 43.5 Å². The van der Waals surface area contributed by atoms with Crippen LogP contribution in [0.15, 0.2) is 66.7 Å². The molecule has 6 heteroatoms. The molecule has 0 spiro atoms. The van der Waals surface area contributed by atoms with Gasteiger partial charge in [0.25, 0.3) is 0 Å². The molecule has 0 fully saturated rings. The van der Waals surface area contributed by atoms with Crippen molar-refractivity contribution in [1.29, 1.82) is 0 Å². The highest BCUT2D eigenvalue weighted by atomic mass is 16.6. The second-order valence-corrected chi connectivity index (χ2v) is 5.61. The Balaban J connectivity index is 1.68. The maximum Gasteiger partial charge on any atom is 0.417 e. The Kier molecular flexibility index (Phi) is 4.94. The Morgan fingerprint density at radius 3 is 2.15 bits per heavy atom. The van der Waals surface area contributed by atoms with Crippen molar-refractivity contribution in [3.63, 3.8) is 0 Å². The first-order chi connectivity index (χ1) is 12.5. The van der Waals surface area contributed by atoms with Gasteiger partial charge in [0.15, 0.2) is 0 Å². The standard InChI is InChI=1S/C20H19N3O3/c1-25-16-7-9-17(10-8-16)26-20(24)23-15-6-11-18(19(22)12-15)13-2-4-14(21)5-3-13/h2-12H,21-22H2,1H3,(H,23,24). The van der Waals surface area contributed by atoms with E-state index in [0.717, 1.165) is 11.1 Å². The molecule has 1 amide bonds. The third-order valence-corrected chi connectivity index (χ3v) is 3.79. The fraction of sp³-hybridized carbons (Fsp3) is 0.0500. The van der Waals surface area contributed by atoms with Gasteiger partial charge in [-0.1, -0.05) is 18.2 Å². The van der Waals surface area contributed by atoms with Crippen molar-refractivity contribution in [3.05, 3.63) is 66.7 Å². The minimum absolute atomic E-state index is 0.412. The number of amides is 1. The van der Waals surface area contributed by atoms with Crippen molar-refractivity contribution in [2.45, 2.75) is 0 Å². The number of nitrogen functional groups attached to an aromatic ring is 2. The average Bonchev–Trinajstić information content (AvgIpc) is 2.63. The zero-order valence-corrected chi connectivity index (χ0v) is 14.2. The average molecular weight is 349 g/mol. The normalized spacial score (nSPS) is 10.2. The van der Waals surface area contributed by atoms with E-state index >= 15 is 0 Å². The third-order valence-electron chi connectivity index (χ3n) is 3.79. The lowest BCUT2D eigenvalue weighted by Crippen LogP contribution is -2.16. The van der Waals surface area contributed by atoms with Crippen molar-refractivity contribution in [2.24, 2.45) is 0 Å². The fourth-order valence-corrected chi connectivity index (χ4v) is 2.46. The first-order valence-electron chi connectivity index (χ1n) is 7.93. The van der Waals surface area contributed by atoms with Gasteiger partial charge in [-0.2, -0.15) is 0 Å². The van der Waals surface area contributed by atoms with E-state index in [9.17, 15) is 4.79 Å². The van der Waals surface area contributed by atoms with Crippen molar-refractivity contribution < 1.29 is 14.3 Å². The van der Waals surface area contributed by atoms with E-state index in [4.69, 9.17) is 20.9 Å². The van der Waals surface area contributed by atoms with E-state index in [0.29, 0.717) is 28.6 Å². The summed E-state index contributed by atoms with van der Waals surface area (Å²) >= 11 is 0. The molecule has 0 aliphatic carbocycles. The molecule has 0 radical (unpaired) electrons. The molecule has 0 heterocycles. The van der Waals surface area contributed by atoms with E-state index in [1.165, 1.54) is 0 Å². The molecule has 6 nitrogen and oxygen atoms in total. The number of nitrogens with two attached hydrogens (primary N) is 2. The molecular formula is C20H19N3O3. The number of rotatable bonds is 4. The molecule has 0 saturated heterocycles. The number of nitrogens with one attached hydrogen (secondary N) is 1. The van der Waals surface area contributed by atoms with E-state index in [1.807, 2.05) is 30.3 Å². The summed E-state index contributed by atoms with van der Waals surface area (Å²) in [5.41, 5.74) is 15.4. The van der Waals surface area contributed by atoms with Crippen molar-refractivity contribution in [1.82, 2.24) is 0 Å². The van der Waals surface area contributed by atoms with Crippen molar-refractivity contribution >= 4 is 23.2 Å². The molecular weight excluding hydrogens is 330 g/mol. The van der Waals surface area contributed by atoms with E-state index < -0.39 is 6.09 Å². The maximum absolute atomic E-state index is 12.0. The van der Waals surface area contributed by atoms with Crippen LogP contribution in [0.3, 0.4) is 0 Å². The monoisotopic (exact) mass is 349 g/mol. The highest BCUT2D eigenvalue weighted by molar-refractivity contribution is 5.89. The van der Waals surface area contributed by atoms with Crippen LogP contribution in [-0.2, 0) is 0 Å². The summed E-state index contributed by atoms with van der Waals surface area (Å²) in [6.45, 7) is 0. The number of benzene rings is 3. The van der Waals surface area contributed by atoms with Gasteiger partial charge in [-0.15, -0.1) is 0 Å². The highest BCUT2D eigenvalue weighted by Crippen LogP contribution is 2.29. The van der Waals surface area contributed by atoms with Gasteiger partial charge in [0.2, 0.25) is 0 Å². The molecule has 0 saturated carbocycles. The molecule has 3 aromatic rings. The van der Waals surface area contributed by atoms with Gasteiger partial charge in [0.05, 0.1) is 7.11 Å². The predicted molar refractivity (Wildman–Crippen MR) is 103 cm³/mol. The van der Waals surface area contributed by atoms with Crippen LogP contribution in [0.4, 0.5) is 21.9 Å². The van der Waals surface area contributed by atoms with Gasteiger partial charge < -0.3 is 20.9 Å². The smallest absolute Gasteiger partial charge is 0.417 e. The molecule has 0 aromatic heterocycles. The summed E-state index contributed by atoms with van der Waals surface area (Å²) in [5, 5.41) is 2.66. The van der Waals surface area contributed by atoms with Gasteiger partial charge >= 0.3 is 6.09 Å². The number of methoxy groups -OCH3 is 1. The Hall–Kier alpha value is -3.67. The van der Waals surface area contributed by atoms with Gasteiger partial charge in [-0.3, -0.25) is 5.32 Å². The summed E-state index contributed by atoms with van der Waals surface area (Å²) in [7, 11) is 1.57. The quantitative estimate of drug-likeness (QED) is 0.615. The largest absolute Gasteiger partial charge is 0.497 e.